The summed E-state index contributed by atoms with van der Waals surface area (Å²) in [5, 5.41) is 9.24. The van der Waals surface area contributed by atoms with Crippen molar-refractivity contribution in [1.29, 1.82) is 0 Å². The predicted molar refractivity (Wildman–Crippen MR) is 76.0 cm³/mol. The number of aliphatic hydroxyl groups excluding tert-OH is 1. The normalized spacial score (nSPS) is 21.4. The molecule has 1 aliphatic rings. The Balaban J connectivity index is 2.01. The number of hydrogen-bond acceptors (Lipinski definition) is 6. The molecule has 0 radical (unpaired) electrons. The van der Waals surface area contributed by atoms with E-state index in [-0.39, 0.29) is 17.4 Å². The van der Waals surface area contributed by atoms with E-state index in [0.29, 0.717) is 24.1 Å². The summed E-state index contributed by atoms with van der Waals surface area (Å²) in [5.41, 5.74) is 1.04. The lowest BCUT2D eigenvalue weighted by Crippen LogP contribution is -2.40. The molecule has 1 N–H and O–H groups in total. The molecule has 1 aliphatic heterocycles. The summed E-state index contributed by atoms with van der Waals surface area (Å²) >= 11 is 1.01. The molecule has 1 aromatic heterocycles. The number of aromatic nitrogens is 2. The van der Waals surface area contributed by atoms with E-state index in [1.54, 1.807) is 18.2 Å². The van der Waals surface area contributed by atoms with Crippen molar-refractivity contribution in [2.75, 3.05) is 19.7 Å². The lowest BCUT2D eigenvalue weighted by atomic mass is 10.0. The molecule has 20 heavy (non-hydrogen) atoms. The van der Waals surface area contributed by atoms with E-state index in [1.807, 2.05) is 0 Å². The van der Waals surface area contributed by atoms with E-state index in [4.69, 9.17) is 0 Å². The molecule has 0 aliphatic carbocycles. The summed E-state index contributed by atoms with van der Waals surface area (Å²) < 4.78 is 35.1. The van der Waals surface area contributed by atoms with Crippen molar-refractivity contribution in [2.45, 2.75) is 17.7 Å². The van der Waals surface area contributed by atoms with E-state index in [9.17, 15) is 13.5 Å². The van der Waals surface area contributed by atoms with E-state index in [0.717, 1.165) is 24.6 Å². The molecule has 0 bridgehead atoms. The van der Waals surface area contributed by atoms with Crippen LogP contribution in [0.4, 0.5) is 0 Å². The first kappa shape index (κ1) is 13.9. The summed E-state index contributed by atoms with van der Waals surface area (Å²) in [4.78, 5) is 0.210. The maximum absolute atomic E-state index is 12.7. The highest BCUT2D eigenvalue weighted by atomic mass is 32.2. The number of nitrogens with zero attached hydrogens (tertiary/aromatic N) is 3. The Labute approximate surface area is 121 Å². The Bertz CT molecular complexity index is 714. The van der Waals surface area contributed by atoms with Gasteiger partial charge >= 0.3 is 0 Å². The topological polar surface area (TPSA) is 83.4 Å². The van der Waals surface area contributed by atoms with Gasteiger partial charge in [0, 0.05) is 19.7 Å². The molecule has 2 heterocycles. The minimum Gasteiger partial charge on any atom is -0.396 e. The number of sulfonamides is 1. The van der Waals surface area contributed by atoms with Gasteiger partial charge in [-0.2, -0.15) is 13.1 Å². The van der Waals surface area contributed by atoms with Gasteiger partial charge in [-0.1, -0.05) is 6.07 Å². The molecule has 1 unspecified atom stereocenters. The molecule has 8 heteroatoms. The zero-order chi connectivity index (χ0) is 14.2. The van der Waals surface area contributed by atoms with Gasteiger partial charge in [-0.15, -0.1) is 0 Å². The van der Waals surface area contributed by atoms with Crippen LogP contribution in [0.3, 0.4) is 0 Å². The Morgan fingerprint density at radius 2 is 2.25 bits per heavy atom. The van der Waals surface area contributed by atoms with Gasteiger partial charge in [0.05, 0.1) is 11.7 Å². The van der Waals surface area contributed by atoms with Gasteiger partial charge < -0.3 is 5.11 Å². The van der Waals surface area contributed by atoms with Crippen molar-refractivity contribution in [2.24, 2.45) is 5.92 Å². The summed E-state index contributed by atoms with van der Waals surface area (Å²) in [5.74, 6) is 0.0197. The van der Waals surface area contributed by atoms with Gasteiger partial charge in [0.15, 0.2) is 0 Å². The fourth-order valence-corrected chi connectivity index (χ4v) is 4.83. The molecule has 0 spiro atoms. The maximum Gasteiger partial charge on any atom is 0.245 e. The molecular weight excluding hydrogens is 298 g/mol. The minimum atomic E-state index is -3.58. The fourth-order valence-electron chi connectivity index (χ4n) is 2.52. The van der Waals surface area contributed by atoms with Crippen LogP contribution in [-0.2, 0) is 10.0 Å². The highest BCUT2D eigenvalue weighted by molar-refractivity contribution is 7.89. The summed E-state index contributed by atoms with van der Waals surface area (Å²) in [6.07, 6.45) is 1.64. The summed E-state index contributed by atoms with van der Waals surface area (Å²) in [6.45, 7) is 0.883. The minimum absolute atomic E-state index is 0.0197. The van der Waals surface area contributed by atoms with Crippen molar-refractivity contribution in [3.05, 3.63) is 18.2 Å². The lowest BCUT2D eigenvalue weighted by molar-refractivity contribution is 0.165. The molecule has 1 saturated heterocycles. The first-order valence-electron chi connectivity index (χ1n) is 6.45. The third kappa shape index (κ3) is 2.32. The van der Waals surface area contributed by atoms with Crippen LogP contribution in [0.25, 0.3) is 11.0 Å². The van der Waals surface area contributed by atoms with Crippen LogP contribution in [-0.4, -0.2) is 46.3 Å². The van der Waals surface area contributed by atoms with E-state index < -0.39 is 10.0 Å². The Kier molecular flexibility index (Phi) is 3.72. The van der Waals surface area contributed by atoms with Crippen LogP contribution >= 0.6 is 11.7 Å². The third-order valence-corrected chi connectivity index (χ3v) is 6.05. The molecule has 6 nitrogen and oxygen atoms in total. The second kappa shape index (κ2) is 5.36. The van der Waals surface area contributed by atoms with Gasteiger partial charge in [0.2, 0.25) is 10.0 Å². The fraction of sp³-hybridized carbons (Fsp3) is 0.500. The molecule has 3 rings (SSSR count). The van der Waals surface area contributed by atoms with E-state index >= 15 is 0 Å². The number of benzene rings is 1. The van der Waals surface area contributed by atoms with Crippen LogP contribution < -0.4 is 0 Å². The molecule has 2 aromatic rings. The highest BCUT2D eigenvalue weighted by Crippen LogP contribution is 2.27. The first-order chi connectivity index (χ1) is 9.63. The Hall–Kier alpha value is -1.09. The Morgan fingerprint density at radius 1 is 1.40 bits per heavy atom. The van der Waals surface area contributed by atoms with Gasteiger partial charge in [0.25, 0.3) is 0 Å². The monoisotopic (exact) mass is 313 g/mol. The third-order valence-electron chi connectivity index (χ3n) is 3.61. The van der Waals surface area contributed by atoms with Crippen LogP contribution in [0.5, 0.6) is 0 Å². The van der Waals surface area contributed by atoms with Crippen LogP contribution in [0.1, 0.15) is 12.8 Å². The van der Waals surface area contributed by atoms with E-state index in [2.05, 4.69) is 8.75 Å². The zero-order valence-corrected chi connectivity index (χ0v) is 12.4. The summed E-state index contributed by atoms with van der Waals surface area (Å²) in [6, 6.07) is 5.01. The highest BCUT2D eigenvalue weighted by Gasteiger charge is 2.31. The van der Waals surface area contributed by atoms with Crippen molar-refractivity contribution in [3.8, 4) is 0 Å². The zero-order valence-electron chi connectivity index (χ0n) is 10.8. The number of fused-ring (bicyclic) bond motifs is 1. The number of rotatable bonds is 3. The summed E-state index contributed by atoms with van der Waals surface area (Å²) in [7, 11) is -3.58. The van der Waals surface area contributed by atoms with Crippen molar-refractivity contribution < 1.29 is 13.5 Å². The largest absolute Gasteiger partial charge is 0.396 e. The number of aliphatic hydroxyl groups is 1. The van der Waals surface area contributed by atoms with Crippen molar-refractivity contribution in [1.82, 2.24) is 13.1 Å². The predicted octanol–water partition coefficient (Wildman–Crippen LogP) is 1.08. The van der Waals surface area contributed by atoms with Crippen molar-refractivity contribution >= 4 is 32.8 Å². The second-order valence-corrected chi connectivity index (χ2v) is 7.38. The maximum atomic E-state index is 12.7. The van der Waals surface area contributed by atoms with Crippen LogP contribution in [0.15, 0.2) is 23.1 Å². The number of piperidine rings is 1. The van der Waals surface area contributed by atoms with Gasteiger partial charge in [-0.3, -0.25) is 0 Å². The molecular formula is C12H15N3O3S2. The van der Waals surface area contributed by atoms with Crippen molar-refractivity contribution in [3.63, 3.8) is 0 Å². The number of hydrogen-bond donors (Lipinski definition) is 1. The SMILES string of the molecule is O=S(=O)(c1cccc2nsnc12)N1CCCC(CO)C1. The average molecular weight is 313 g/mol. The average Bonchev–Trinajstić information content (AvgIpc) is 2.95. The van der Waals surface area contributed by atoms with Gasteiger partial charge in [-0.05, 0) is 30.9 Å². The van der Waals surface area contributed by atoms with E-state index in [1.165, 1.54) is 4.31 Å². The van der Waals surface area contributed by atoms with Crippen LogP contribution in [0.2, 0.25) is 0 Å². The molecule has 1 aromatic carbocycles. The smallest absolute Gasteiger partial charge is 0.245 e. The van der Waals surface area contributed by atoms with Crippen LogP contribution in [0, 0.1) is 5.92 Å². The molecule has 1 atom stereocenters. The first-order valence-corrected chi connectivity index (χ1v) is 8.62. The quantitative estimate of drug-likeness (QED) is 0.917. The standard InChI is InChI=1S/C12H15N3O3S2/c16-8-9-3-2-6-15(7-9)20(17,18)11-5-1-4-10-12(11)14-19-13-10/h1,4-5,9,16H,2-3,6-8H2. The molecule has 0 amide bonds. The molecule has 1 fully saturated rings. The lowest BCUT2D eigenvalue weighted by Gasteiger charge is -2.30. The molecule has 108 valence electrons. The van der Waals surface area contributed by atoms with Gasteiger partial charge in [-0.25, -0.2) is 8.42 Å². The Morgan fingerprint density at radius 3 is 3.05 bits per heavy atom. The van der Waals surface area contributed by atoms with Gasteiger partial charge in [0.1, 0.15) is 15.9 Å². The second-order valence-electron chi connectivity index (χ2n) is 4.94. The molecule has 0 saturated carbocycles.